The molecular weight excluding hydrogens is 333 g/mol. The van der Waals surface area contributed by atoms with E-state index >= 15 is 0 Å². The van der Waals surface area contributed by atoms with Crippen molar-refractivity contribution in [3.63, 3.8) is 0 Å². The summed E-state index contributed by atoms with van der Waals surface area (Å²) in [4.78, 5) is 25.9. The molecule has 7 heteroatoms. The van der Waals surface area contributed by atoms with Gasteiger partial charge in [-0.25, -0.2) is 13.2 Å². The van der Waals surface area contributed by atoms with Gasteiger partial charge in [0, 0.05) is 13.0 Å². The monoisotopic (exact) mass is 354 g/mol. The molecule has 0 aromatic heterocycles. The average molecular weight is 354 g/mol. The predicted octanol–water partition coefficient (Wildman–Crippen LogP) is 3.64. The minimum Gasteiger partial charge on any atom is -0.333 e. The summed E-state index contributed by atoms with van der Waals surface area (Å²) in [6, 6.07) is 1.68. The molecule has 1 N–H and O–H groups in total. The molecule has 1 aliphatic carbocycles. The van der Waals surface area contributed by atoms with E-state index in [4.69, 9.17) is 0 Å². The van der Waals surface area contributed by atoms with Gasteiger partial charge in [0.1, 0.15) is 0 Å². The molecule has 0 heterocycles. The van der Waals surface area contributed by atoms with Crippen molar-refractivity contribution < 1.29 is 22.8 Å². The maximum atomic E-state index is 13.6. The van der Waals surface area contributed by atoms with E-state index in [9.17, 15) is 22.8 Å². The molecule has 25 heavy (non-hydrogen) atoms. The minimum absolute atomic E-state index is 0.153. The van der Waals surface area contributed by atoms with Crippen LogP contribution in [0, 0.1) is 23.4 Å². The largest absolute Gasteiger partial charge is 0.333 e. The second kappa shape index (κ2) is 8.69. The Labute approximate surface area is 144 Å². The number of nitrogens with zero attached hydrogens (tertiary/aromatic N) is 1. The number of hydrogen-bond acceptors (Lipinski definition) is 2. The molecule has 2 amide bonds. The highest BCUT2D eigenvalue weighted by Crippen LogP contribution is 2.22. The van der Waals surface area contributed by atoms with Gasteiger partial charge in [0.15, 0.2) is 17.5 Å². The topological polar surface area (TPSA) is 49.4 Å². The van der Waals surface area contributed by atoms with E-state index in [1.807, 2.05) is 19.1 Å². The lowest BCUT2D eigenvalue weighted by molar-refractivity contribution is -0.135. The summed E-state index contributed by atoms with van der Waals surface area (Å²) in [7, 11) is 0. The molecule has 4 nitrogen and oxygen atoms in total. The zero-order valence-electron chi connectivity index (χ0n) is 14.0. The van der Waals surface area contributed by atoms with E-state index in [1.54, 1.807) is 0 Å². The van der Waals surface area contributed by atoms with Crippen LogP contribution in [0.3, 0.4) is 0 Å². The van der Waals surface area contributed by atoms with E-state index in [1.165, 1.54) is 4.90 Å². The fourth-order valence-corrected chi connectivity index (χ4v) is 2.77. The standard InChI is InChI=1S/C18H21F3N2O2/c1-2-9-23(16(25)10-12-5-3-4-6-12)11-15(24)22-14-8-7-13(19)17(20)18(14)21/h3,5,7-8,12H,2,4,6,9-11H2,1H3,(H,22,24). The number of halogens is 3. The van der Waals surface area contributed by atoms with Crippen LogP contribution in [0.4, 0.5) is 18.9 Å². The first-order valence-electron chi connectivity index (χ1n) is 8.30. The summed E-state index contributed by atoms with van der Waals surface area (Å²) in [5, 5.41) is 2.19. The summed E-state index contributed by atoms with van der Waals surface area (Å²) in [5.41, 5.74) is -0.452. The Bertz CT molecular complexity index is 677. The third-order valence-corrected chi connectivity index (χ3v) is 4.04. The van der Waals surface area contributed by atoms with Crippen LogP contribution in [0.25, 0.3) is 0 Å². The van der Waals surface area contributed by atoms with Gasteiger partial charge in [0.25, 0.3) is 0 Å². The first kappa shape index (κ1) is 19.0. The van der Waals surface area contributed by atoms with Gasteiger partial charge in [-0.1, -0.05) is 19.1 Å². The lowest BCUT2D eigenvalue weighted by Gasteiger charge is -2.23. The molecule has 1 atom stereocenters. The van der Waals surface area contributed by atoms with Crippen molar-refractivity contribution in [2.75, 3.05) is 18.4 Å². The summed E-state index contributed by atoms with van der Waals surface area (Å²) < 4.78 is 39.7. The molecule has 1 unspecified atom stereocenters. The molecule has 2 rings (SSSR count). The lowest BCUT2D eigenvalue weighted by Crippen LogP contribution is -2.39. The van der Waals surface area contributed by atoms with Gasteiger partial charge in [-0.3, -0.25) is 9.59 Å². The molecule has 0 saturated heterocycles. The highest BCUT2D eigenvalue weighted by atomic mass is 19.2. The second-order valence-corrected chi connectivity index (χ2v) is 6.06. The molecule has 1 aromatic rings. The Morgan fingerprint density at radius 1 is 1.24 bits per heavy atom. The number of anilines is 1. The van der Waals surface area contributed by atoms with Crippen LogP contribution in [0.1, 0.15) is 32.6 Å². The summed E-state index contributed by atoms with van der Waals surface area (Å²) in [6.45, 7) is 2.01. The van der Waals surface area contributed by atoms with Crippen molar-refractivity contribution in [3.8, 4) is 0 Å². The van der Waals surface area contributed by atoms with Crippen LogP contribution in [0.2, 0.25) is 0 Å². The highest BCUT2D eigenvalue weighted by Gasteiger charge is 2.22. The van der Waals surface area contributed by atoms with Gasteiger partial charge in [0.05, 0.1) is 12.2 Å². The van der Waals surface area contributed by atoms with Crippen molar-refractivity contribution in [1.82, 2.24) is 4.90 Å². The SMILES string of the molecule is CCCN(CC(=O)Nc1ccc(F)c(F)c1F)C(=O)CC1C=CCC1. The Morgan fingerprint density at radius 3 is 2.64 bits per heavy atom. The maximum absolute atomic E-state index is 13.6. The highest BCUT2D eigenvalue weighted by molar-refractivity contribution is 5.94. The maximum Gasteiger partial charge on any atom is 0.244 e. The van der Waals surface area contributed by atoms with Gasteiger partial charge >= 0.3 is 0 Å². The first-order valence-corrected chi connectivity index (χ1v) is 8.30. The van der Waals surface area contributed by atoms with E-state index in [-0.39, 0.29) is 18.4 Å². The third-order valence-electron chi connectivity index (χ3n) is 4.04. The van der Waals surface area contributed by atoms with E-state index < -0.39 is 29.0 Å². The summed E-state index contributed by atoms with van der Waals surface area (Å²) >= 11 is 0. The molecule has 0 saturated carbocycles. The average Bonchev–Trinajstić information content (AvgIpc) is 3.08. The number of carbonyl (C=O) groups excluding carboxylic acids is 2. The third kappa shape index (κ3) is 5.08. The van der Waals surface area contributed by atoms with Crippen LogP contribution in [0.5, 0.6) is 0 Å². The van der Waals surface area contributed by atoms with Gasteiger partial charge in [0.2, 0.25) is 11.8 Å². The molecule has 1 aliphatic rings. The number of benzene rings is 1. The number of rotatable bonds is 7. The Morgan fingerprint density at radius 2 is 2.00 bits per heavy atom. The Balaban J connectivity index is 1.98. The molecular formula is C18H21F3N2O2. The molecule has 136 valence electrons. The van der Waals surface area contributed by atoms with Gasteiger partial charge in [-0.2, -0.15) is 0 Å². The fourth-order valence-electron chi connectivity index (χ4n) is 2.77. The Hall–Kier alpha value is -2.31. The molecule has 0 spiro atoms. The van der Waals surface area contributed by atoms with Crippen molar-refractivity contribution in [1.29, 1.82) is 0 Å². The van der Waals surface area contributed by atoms with Gasteiger partial charge in [-0.05, 0) is 37.3 Å². The zero-order chi connectivity index (χ0) is 18.4. The van der Waals surface area contributed by atoms with Crippen molar-refractivity contribution in [2.24, 2.45) is 5.92 Å². The quantitative estimate of drug-likeness (QED) is 0.600. The number of amides is 2. The number of nitrogens with one attached hydrogen (secondary N) is 1. The van der Waals surface area contributed by atoms with Crippen LogP contribution < -0.4 is 5.32 Å². The molecule has 0 aliphatic heterocycles. The smallest absolute Gasteiger partial charge is 0.244 e. The minimum atomic E-state index is -1.65. The first-order chi connectivity index (χ1) is 11.9. The number of carbonyl (C=O) groups is 2. The fraction of sp³-hybridized carbons (Fsp3) is 0.444. The predicted molar refractivity (Wildman–Crippen MR) is 88.3 cm³/mol. The van der Waals surface area contributed by atoms with Crippen molar-refractivity contribution in [2.45, 2.75) is 32.6 Å². The van der Waals surface area contributed by atoms with E-state index in [0.29, 0.717) is 19.4 Å². The van der Waals surface area contributed by atoms with E-state index in [2.05, 4.69) is 5.32 Å². The van der Waals surface area contributed by atoms with Crippen LogP contribution in [0.15, 0.2) is 24.3 Å². The van der Waals surface area contributed by atoms with Crippen LogP contribution in [-0.2, 0) is 9.59 Å². The van der Waals surface area contributed by atoms with Gasteiger partial charge in [-0.15, -0.1) is 0 Å². The van der Waals surface area contributed by atoms with Crippen LogP contribution in [-0.4, -0.2) is 29.8 Å². The second-order valence-electron chi connectivity index (χ2n) is 6.06. The normalized spacial score (nSPS) is 16.1. The Kier molecular flexibility index (Phi) is 6.61. The van der Waals surface area contributed by atoms with Crippen LogP contribution >= 0.6 is 0 Å². The summed E-state index contributed by atoms with van der Waals surface area (Å²) in [5.74, 6) is -5.07. The number of hydrogen-bond donors (Lipinski definition) is 1. The molecule has 0 bridgehead atoms. The van der Waals surface area contributed by atoms with Crippen molar-refractivity contribution in [3.05, 3.63) is 41.7 Å². The zero-order valence-corrected chi connectivity index (χ0v) is 14.0. The van der Waals surface area contributed by atoms with Gasteiger partial charge < -0.3 is 10.2 Å². The van der Waals surface area contributed by atoms with Crippen molar-refractivity contribution >= 4 is 17.5 Å². The summed E-state index contributed by atoms with van der Waals surface area (Å²) in [6.07, 6.45) is 6.88. The molecule has 0 fully saturated rings. The molecule has 1 aromatic carbocycles. The lowest BCUT2D eigenvalue weighted by atomic mass is 10.0. The molecule has 0 radical (unpaired) electrons. The number of allylic oxidation sites excluding steroid dienone is 2. The van der Waals surface area contributed by atoms with E-state index in [0.717, 1.165) is 25.0 Å².